The fourth-order valence-electron chi connectivity index (χ4n) is 5.82. The van der Waals surface area contributed by atoms with E-state index >= 15 is 0 Å². The largest absolute Gasteiger partial charge is 0.445 e. The first-order chi connectivity index (χ1) is 21.8. The van der Waals surface area contributed by atoms with Crippen LogP contribution in [0.4, 0.5) is 0 Å². The van der Waals surface area contributed by atoms with E-state index in [9.17, 15) is 0 Å². The third-order valence-corrected chi connectivity index (χ3v) is 8.89. The van der Waals surface area contributed by atoms with Crippen LogP contribution >= 0.6 is 11.3 Å². The molecule has 0 N–H and O–H groups in total. The van der Waals surface area contributed by atoms with E-state index in [2.05, 4.69) is 86.2 Å². The van der Waals surface area contributed by atoms with Gasteiger partial charge in [-0.3, -0.25) is 4.98 Å². The average Bonchev–Trinajstić information content (AvgIpc) is 3.90. The number of oxazole rings is 2. The lowest BCUT2D eigenvalue weighted by Crippen LogP contribution is -1.95. The molecule has 0 spiro atoms. The maximum absolute atomic E-state index is 5.63. The number of rotatable bonds is 5. The van der Waals surface area contributed by atoms with Gasteiger partial charge in [0, 0.05) is 44.9 Å². The number of pyridine rings is 1. The zero-order valence-corrected chi connectivity index (χ0v) is 23.9. The molecule has 0 aliphatic heterocycles. The Morgan fingerprint density at radius 1 is 0.568 bits per heavy atom. The molecular formula is C36H21N5O2S. The van der Waals surface area contributed by atoms with Crippen LogP contribution in [-0.4, -0.2) is 24.5 Å². The molecule has 8 heteroatoms. The van der Waals surface area contributed by atoms with Crippen molar-refractivity contribution < 1.29 is 8.83 Å². The lowest BCUT2D eigenvalue weighted by atomic mass is 10.1. The fourth-order valence-corrected chi connectivity index (χ4v) is 6.82. The van der Waals surface area contributed by atoms with Gasteiger partial charge in [-0.2, -0.15) is 0 Å². The Morgan fingerprint density at radius 3 is 2.18 bits per heavy atom. The summed E-state index contributed by atoms with van der Waals surface area (Å²) < 4.78 is 14.5. The molecule has 0 saturated heterocycles. The van der Waals surface area contributed by atoms with Gasteiger partial charge in [-0.1, -0.05) is 30.3 Å². The summed E-state index contributed by atoms with van der Waals surface area (Å²) in [6.07, 6.45) is 8.35. The van der Waals surface area contributed by atoms with E-state index in [0.717, 1.165) is 70.7 Å². The molecule has 208 valence electrons. The quantitative estimate of drug-likeness (QED) is 0.199. The van der Waals surface area contributed by atoms with Gasteiger partial charge >= 0.3 is 0 Å². The summed E-state index contributed by atoms with van der Waals surface area (Å²) in [5, 5.41) is 3.20. The van der Waals surface area contributed by atoms with Crippen LogP contribution in [-0.2, 0) is 0 Å². The number of benzene rings is 4. The smallest absolute Gasteiger partial charge is 0.225 e. The molecule has 0 fully saturated rings. The van der Waals surface area contributed by atoms with Gasteiger partial charge < -0.3 is 13.4 Å². The molecule has 5 heterocycles. The second kappa shape index (κ2) is 9.86. The average molecular weight is 588 g/mol. The SMILES string of the molecule is c1ccc(-c2cccc(-n3c4ccc(-c5ncco5)cc4c4ccc(-c5nc6ccc(-c7ncco7)cc6s5)cc43)c2)nc1. The molecule has 0 bridgehead atoms. The van der Waals surface area contributed by atoms with Crippen molar-refractivity contribution in [2.75, 3.05) is 0 Å². The molecule has 0 aliphatic rings. The van der Waals surface area contributed by atoms with Gasteiger partial charge in [-0.05, 0) is 66.7 Å². The van der Waals surface area contributed by atoms with Crippen molar-refractivity contribution in [3.05, 3.63) is 128 Å². The summed E-state index contributed by atoms with van der Waals surface area (Å²) in [4.78, 5) is 18.3. The van der Waals surface area contributed by atoms with E-state index in [1.54, 1.807) is 36.3 Å². The molecule has 0 aliphatic carbocycles. The molecule has 0 atom stereocenters. The summed E-state index contributed by atoms with van der Waals surface area (Å²) >= 11 is 1.66. The van der Waals surface area contributed by atoms with Gasteiger partial charge in [0.25, 0.3) is 0 Å². The summed E-state index contributed by atoms with van der Waals surface area (Å²) in [6, 6.07) is 33.5. The van der Waals surface area contributed by atoms with Gasteiger partial charge in [0.2, 0.25) is 11.8 Å². The van der Waals surface area contributed by atoms with Crippen LogP contribution in [0.3, 0.4) is 0 Å². The molecule has 9 aromatic rings. The zero-order chi connectivity index (χ0) is 29.0. The predicted molar refractivity (Wildman–Crippen MR) is 174 cm³/mol. The van der Waals surface area contributed by atoms with Crippen LogP contribution < -0.4 is 0 Å². The molecule has 44 heavy (non-hydrogen) atoms. The summed E-state index contributed by atoms with van der Waals surface area (Å²) in [5.74, 6) is 1.20. The monoisotopic (exact) mass is 587 g/mol. The van der Waals surface area contributed by atoms with Crippen molar-refractivity contribution in [1.29, 1.82) is 0 Å². The molecule has 0 radical (unpaired) electrons. The van der Waals surface area contributed by atoms with Crippen molar-refractivity contribution in [3.8, 4) is 50.4 Å². The highest BCUT2D eigenvalue weighted by Crippen LogP contribution is 2.39. The Kier molecular flexibility index (Phi) is 5.54. The number of thiazole rings is 1. The maximum atomic E-state index is 5.63. The Bertz CT molecular complexity index is 2440. The van der Waals surface area contributed by atoms with E-state index in [0.29, 0.717) is 11.8 Å². The number of nitrogens with zero attached hydrogens (tertiary/aromatic N) is 5. The van der Waals surface area contributed by atoms with Crippen molar-refractivity contribution >= 4 is 43.4 Å². The molecule has 0 amide bonds. The van der Waals surface area contributed by atoms with Crippen LogP contribution in [0.5, 0.6) is 0 Å². The summed E-state index contributed by atoms with van der Waals surface area (Å²) in [6.45, 7) is 0. The third kappa shape index (κ3) is 4.04. The normalized spacial score (nSPS) is 11.6. The maximum Gasteiger partial charge on any atom is 0.225 e. The minimum absolute atomic E-state index is 0.597. The van der Waals surface area contributed by atoms with Crippen LogP contribution in [0.25, 0.3) is 82.4 Å². The molecule has 5 aromatic heterocycles. The molecular weight excluding hydrogens is 566 g/mol. The number of fused-ring (bicyclic) bond motifs is 4. The molecule has 0 saturated carbocycles. The highest BCUT2D eigenvalue weighted by Gasteiger charge is 2.17. The lowest BCUT2D eigenvalue weighted by Gasteiger charge is -2.10. The number of hydrogen-bond acceptors (Lipinski definition) is 7. The fraction of sp³-hybridized carbons (Fsp3) is 0. The predicted octanol–water partition coefficient (Wildman–Crippen LogP) is 9.43. The van der Waals surface area contributed by atoms with E-state index in [1.807, 2.05) is 36.5 Å². The zero-order valence-electron chi connectivity index (χ0n) is 23.1. The van der Waals surface area contributed by atoms with Gasteiger partial charge in [0.1, 0.15) is 17.5 Å². The first-order valence-electron chi connectivity index (χ1n) is 14.1. The van der Waals surface area contributed by atoms with Gasteiger partial charge in [0.15, 0.2) is 0 Å². The van der Waals surface area contributed by atoms with Crippen molar-refractivity contribution in [1.82, 2.24) is 24.5 Å². The highest BCUT2D eigenvalue weighted by atomic mass is 32.1. The highest BCUT2D eigenvalue weighted by molar-refractivity contribution is 7.21. The van der Waals surface area contributed by atoms with Crippen LogP contribution in [0.1, 0.15) is 0 Å². The van der Waals surface area contributed by atoms with E-state index in [1.165, 1.54) is 0 Å². The van der Waals surface area contributed by atoms with E-state index in [-0.39, 0.29) is 0 Å². The third-order valence-electron chi connectivity index (χ3n) is 7.83. The van der Waals surface area contributed by atoms with Crippen molar-refractivity contribution in [3.63, 3.8) is 0 Å². The minimum atomic E-state index is 0.597. The van der Waals surface area contributed by atoms with Gasteiger partial charge in [-0.25, -0.2) is 15.0 Å². The second-order valence-corrected chi connectivity index (χ2v) is 11.5. The topological polar surface area (TPSA) is 82.8 Å². The van der Waals surface area contributed by atoms with Crippen molar-refractivity contribution in [2.45, 2.75) is 0 Å². The Labute approximate surface area is 254 Å². The standard InChI is InChI=1S/C36H21N5O2S/c1-2-13-37-29(6-1)22-4-3-5-26(18-22)41-31-12-9-23(34-38-14-16-42-34)19-28(31)27-10-7-25(20-32(27)41)36-40-30-11-8-24(21-33(30)44-36)35-39-15-17-43-35/h1-21H. The lowest BCUT2D eigenvalue weighted by molar-refractivity contribution is 0.574. The van der Waals surface area contributed by atoms with E-state index in [4.69, 9.17) is 13.8 Å². The summed E-state index contributed by atoms with van der Waals surface area (Å²) in [5.41, 5.74) is 9.07. The molecule has 9 rings (SSSR count). The number of aromatic nitrogens is 5. The number of hydrogen-bond donors (Lipinski definition) is 0. The molecule has 7 nitrogen and oxygen atoms in total. The van der Waals surface area contributed by atoms with Crippen LogP contribution in [0, 0.1) is 0 Å². The second-order valence-electron chi connectivity index (χ2n) is 10.4. The molecule has 4 aromatic carbocycles. The van der Waals surface area contributed by atoms with Crippen LogP contribution in [0.15, 0.2) is 137 Å². The Hall–Kier alpha value is -5.86. The first-order valence-corrected chi connectivity index (χ1v) is 14.9. The minimum Gasteiger partial charge on any atom is -0.445 e. The summed E-state index contributed by atoms with van der Waals surface area (Å²) in [7, 11) is 0. The van der Waals surface area contributed by atoms with E-state index < -0.39 is 0 Å². The Balaban J connectivity index is 1.25. The van der Waals surface area contributed by atoms with Gasteiger partial charge in [-0.15, -0.1) is 11.3 Å². The van der Waals surface area contributed by atoms with Crippen LogP contribution in [0.2, 0.25) is 0 Å². The Morgan fingerprint density at radius 2 is 1.39 bits per heavy atom. The first kappa shape index (κ1) is 24.7. The van der Waals surface area contributed by atoms with Crippen molar-refractivity contribution in [2.24, 2.45) is 0 Å². The van der Waals surface area contributed by atoms with Gasteiger partial charge in [0.05, 0.1) is 39.3 Å². The molecule has 0 unspecified atom stereocenters.